The Kier molecular flexibility index (Phi) is 9.24. The van der Waals surface area contributed by atoms with Gasteiger partial charge in [0.1, 0.15) is 23.6 Å². The van der Waals surface area contributed by atoms with E-state index in [2.05, 4.69) is 9.98 Å². The van der Waals surface area contributed by atoms with E-state index in [9.17, 15) is 10.2 Å². The third-order valence-corrected chi connectivity index (χ3v) is 6.79. The Balaban J connectivity index is 2.03. The van der Waals surface area contributed by atoms with Crippen molar-refractivity contribution >= 4 is 35.6 Å². The van der Waals surface area contributed by atoms with Crippen LogP contribution in [0.2, 0.25) is 10.0 Å². The third-order valence-electron chi connectivity index (χ3n) is 6.13. The maximum atomic E-state index is 15.9. The lowest BCUT2D eigenvalue weighted by molar-refractivity contribution is 0.375. The minimum absolute atomic E-state index is 0.0279. The van der Waals surface area contributed by atoms with Gasteiger partial charge in [-0.05, 0) is 48.5 Å². The second-order valence-electron chi connectivity index (χ2n) is 8.52. The van der Waals surface area contributed by atoms with Crippen LogP contribution < -0.4 is 9.47 Å². The van der Waals surface area contributed by atoms with E-state index < -0.39 is 23.7 Å². The minimum atomic E-state index is -1.33. The molecular formula is C30H24Cl2F2N2O4. The molecule has 0 amide bonds. The first-order valence-corrected chi connectivity index (χ1v) is 12.7. The Morgan fingerprint density at radius 3 is 1.38 bits per heavy atom. The number of nitrogens with zero attached hydrogens (tertiary/aromatic N) is 2. The molecule has 0 radical (unpaired) electrons. The number of methoxy groups -OCH3 is 2. The van der Waals surface area contributed by atoms with Gasteiger partial charge in [-0.3, -0.25) is 9.98 Å². The van der Waals surface area contributed by atoms with E-state index in [0.29, 0.717) is 11.1 Å². The molecule has 206 valence electrons. The van der Waals surface area contributed by atoms with Crippen LogP contribution >= 0.6 is 23.2 Å². The topological polar surface area (TPSA) is 83.6 Å². The summed E-state index contributed by atoms with van der Waals surface area (Å²) in [7, 11) is 2.59. The van der Waals surface area contributed by atoms with Crippen molar-refractivity contribution in [2.45, 2.75) is 12.1 Å². The molecule has 4 aromatic rings. The molecular weight excluding hydrogens is 561 g/mol. The molecule has 0 unspecified atom stereocenters. The van der Waals surface area contributed by atoms with Crippen LogP contribution in [0.5, 0.6) is 23.0 Å². The molecule has 0 aliphatic heterocycles. The molecule has 0 aromatic heterocycles. The standard InChI is InChI=1S/C30H24Cl2F2N2O4/c1-39-23-13-11-19(31)25(27(23)33)29(35-15-17-7-3-5-9-21(17)37)30(36-16-18-8-4-6-10-22(18)38)26-20(32)12-14-24(40-2)28(26)34/h3-16,29-30,37-38H,1-2H3/t29-,30-/m0/s1. The number of aliphatic imine (C=N–C) groups is 2. The van der Waals surface area contributed by atoms with Crippen LogP contribution in [-0.4, -0.2) is 36.9 Å². The SMILES string of the molecule is COc1ccc(Cl)c([C@H](N=Cc2ccccc2O)[C@@H](N=Cc2ccccc2O)c2c(Cl)ccc(OC)c2F)c1F. The van der Waals surface area contributed by atoms with E-state index in [1.165, 1.54) is 63.0 Å². The first kappa shape index (κ1) is 28.9. The van der Waals surface area contributed by atoms with Crippen molar-refractivity contribution in [2.24, 2.45) is 9.98 Å². The molecule has 0 aliphatic carbocycles. The zero-order chi connectivity index (χ0) is 28.8. The summed E-state index contributed by atoms with van der Waals surface area (Å²) in [6.45, 7) is 0. The molecule has 2 N–H and O–H groups in total. The van der Waals surface area contributed by atoms with Gasteiger partial charge < -0.3 is 19.7 Å². The minimum Gasteiger partial charge on any atom is -0.507 e. The number of phenols is 2. The summed E-state index contributed by atoms with van der Waals surface area (Å²) < 4.78 is 42.1. The number of hydrogen-bond donors (Lipinski definition) is 2. The van der Waals surface area contributed by atoms with Crippen LogP contribution in [-0.2, 0) is 0 Å². The Hall–Kier alpha value is -4.14. The highest BCUT2D eigenvalue weighted by atomic mass is 35.5. The van der Waals surface area contributed by atoms with Gasteiger partial charge >= 0.3 is 0 Å². The second kappa shape index (κ2) is 12.8. The molecule has 0 heterocycles. The lowest BCUT2D eigenvalue weighted by atomic mass is 9.92. The summed E-state index contributed by atoms with van der Waals surface area (Å²) >= 11 is 13.0. The second-order valence-corrected chi connectivity index (χ2v) is 9.33. The summed E-state index contributed by atoms with van der Waals surface area (Å²) in [5.74, 6) is -2.08. The summed E-state index contributed by atoms with van der Waals surface area (Å²) in [6, 6.07) is 15.6. The summed E-state index contributed by atoms with van der Waals surface area (Å²) in [5, 5.41) is 20.6. The highest BCUT2D eigenvalue weighted by Gasteiger charge is 2.34. The lowest BCUT2D eigenvalue weighted by Crippen LogP contribution is -2.14. The van der Waals surface area contributed by atoms with Gasteiger partial charge in [0, 0.05) is 44.7 Å². The zero-order valence-electron chi connectivity index (χ0n) is 21.4. The molecule has 0 bridgehead atoms. The van der Waals surface area contributed by atoms with Crippen LogP contribution in [0.4, 0.5) is 8.78 Å². The maximum Gasteiger partial charge on any atom is 0.171 e. The highest BCUT2D eigenvalue weighted by Crippen LogP contribution is 2.46. The maximum absolute atomic E-state index is 15.9. The number of para-hydroxylation sites is 2. The van der Waals surface area contributed by atoms with Gasteiger partial charge in [0.05, 0.1) is 14.2 Å². The van der Waals surface area contributed by atoms with Gasteiger partial charge in [0.2, 0.25) is 0 Å². The number of rotatable bonds is 9. The van der Waals surface area contributed by atoms with E-state index in [0.717, 1.165) is 0 Å². The summed E-state index contributed by atoms with van der Waals surface area (Å²) in [4.78, 5) is 9.13. The van der Waals surface area contributed by atoms with E-state index in [1.54, 1.807) is 36.4 Å². The molecule has 0 aliphatic rings. The average Bonchev–Trinajstić information content (AvgIpc) is 2.94. The quantitative estimate of drug-likeness (QED) is 0.197. The molecule has 4 aromatic carbocycles. The number of benzene rings is 4. The van der Waals surface area contributed by atoms with E-state index in [4.69, 9.17) is 32.7 Å². The van der Waals surface area contributed by atoms with E-state index in [-0.39, 0.29) is 44.2 Å². The molecule has 4 rings (SSSR count). The summed E-state index contributed by atoms with van der Waals surface area (Å²) in [5.41, 5.74) is 0.330. The lowest BCUT2D eigenvalue weighted by Gasteiger charge is -2.25. The molecule has 2 atom stereocenters. The number of halogens is 4. The number of phenolic OH excluding ortho intramolecular Hbond substituents is 2. The smallest absolute Gasteiger partial charge is 0.171 e. The van der Waals surface area contributed by atoms with Gasteiger partial charge in [-0.2, -0.15) is 0 Å². The van der Waals surface area contributed by atoms with Crippen LogP contribution in [0, 0.1) is 11.6 Å². The van der Waals surface area contributed by atoms with Crippen molar-refractivity contribution in [3.63, 3.8) is 0 Å². The Morgan fingerprint density at radius 2 is 1.02 bits per heavy atom. The average molecular weight is 585 g/mol. The van der Waals surface area contributed by atoms with Crippen molar-refractivity contribution in [1.82, 2.24) is 0 Å². The van der Waals surface area contributed by atoms with Crippen LogP contribution in [0.1, 0.15) is 34.3 Å². The van der Waals surface area contributed by atoms with Gasteiger partial charge in [-0.1, -0.05) is 47.5 Å². The number of aromatic hydroxyl groups is 2. The Bertz CT molecular complexity index is 1460. The van der Waals surface area contributed by atoms with Gasteiger partial charge in [-0.25, -0.2) is 8.78 Å². The van der Waals surface area contributed by atoms with Crippen LogP contribution in [0.15, 0.2) is 82.8 Å². The number of ether oxygens (including phenoxy) is 2. The largest absolute Gasteiger partial charge is 0.507 e. The fraction of sp³-hybridized carbons (Fsp3) is 0.133. The normalized spacial score (nSPS) is 13.1. The Labute approximate surface area is 239 Å². The first-order valence-electron chi connectivity index (χ1n) is 11.9. The monoisotopic (exact) mass is 584 g/mol. The molecule has 6 nitrogen and oxygen atoms in total. The van der Waals surface area contributed by atoms with Crippen molar-refractivity contribution in [3.05, 3.63) is 117 Å². The van der Waals surface area contributed by atoms with Crippen LogP contribution in [0.3, 0.4) is 0 Å². The van der Waals surface area contributed by atoms with Gasteiger partial charge in [0.25, 0.3) is 0 Å². The van der Waals surface area contributed by atoms with Crippen molar-refractivity contribution in [3.8, 4) is 23.0 Å². The van der Waals surface area contributed by atoms with E-state index in [1.807, 2.05) is 0 Å². The highest BCUT2D eigenvalue weighted by molar-refractivity contribution is 6.32. The predicted molar refractivity (Wildman–Crippen MR) is 153 cm³/mol. The third kappa shape index (κ3) is 6.03. The Morgan fingerprint density at radius 1 is 0.650 bits per heavy atom. The van der Waals surface area contributed by atoms with Crippen molar-refractivity contribution in [1.29, 1.82) is 0 Å². The number of hydrogen-bond acceptors (Lipinski definition) is 6. The zero-order valence-corrected chi connectivity index (χ0v) is 22.9. The molecule has 40 heavy (non-hydrogen) atoms. The van der Waals surface area contributed by atoms with Crippen LogP contribution in [0.25, 0.3) is 0 Å². The molecule has 10 heteroatoms. The molecule has 0 fully saturated rings. The fourth-order valence-electron chi connectivity index (χ4n) is 4.10. The molecule has 0 saturated carbocycles. The fourth-order valence-corrected chi connectivity index (χ4v) is 4.61. The predicted octanol–water partition coefficient (Wildman–Crippen LogP) is 7.72. The first-order chi connectivity index (χ1) is 19.3. The molecule has 0 saturated heterocycles. The van der Waals surface area contributed by atoms with Gasteiger partial charge in [-0.15, -0.1) is 0 Å². The van der Waals surface area contributed by atoms with E-state index >= 15 is 8.78 Å². The van der Waals surface area contributed by atoms with Crippen molar-refractivity contribution < 1.29 is 28.5 Å². The van der Waals surface area contributed by atoms with Crippen molar-refractivity contribution in [2.75, 3.05) is 14.2 Å². The summed E-state index contributed by atoms with van der Waals surface area (Å²) in [6.07, 6.45) is 2.62. The molecule has 0 spiro atoms. The van der Waals surface area contributed by atoms with Gasteiger partial charge in [0.15, 0.2) is 23.1 Å².